The zero-order valence-electron chi connectivity index (χ0n) is 5.50. The van der Waals surface area contributed by atoms with Gasteiger partial charge in [0.05, 0.1) is 0 Å². The van der Waals surface area contributed by atoms with Gasteiger partial charge in [-0.2, -0.15) is 0 Å². The molecule has 1 aromatic rings. The van der Waals surface area contributed by atoms with E-state index in [1.165, 1.54) is 0 Å². The Morgan fingerprint density at radius 2 is 1.89 bits per heavy atom. The molecule has 1 heterocycles. The summed E-state index contributed by atoms with van der Waals surface area (Å²) in [4.78, 5) is 8.15. The van der Waals surface area contributed by atoms with Crippen molar-refractivity contribution in [3.8, 4) is 0 Å². The number of aromatic nitrogens is 2. The van der Waals surface area contributed by atoms with E-state index in [0.29, 0.717) is 0 Å². The Morgan fingerprint density at radius 3 is 2.22 bits per heavy atom. The fourth-order valence-corrected chi connectivity index (χ4v) is 1.70. The Morgan fingerprint density at radius 1 is 1.33 bits per heavy atom. The van der Waals surface area contributed by atoms with Crippen molar-refractivity contribution in [2.75, 3.05) is 0 Å². The maximum atomic E-state index is 4.08. The molecular formula is C6H8AsN2. The van der Waals surface area contributed by atoms with Crippen LogP contribution >= 0.6 is 0 Å². The van der Waals surface area contributed by atoms with E-state index in [0.717, 1.165) is 4.61 Å². The van der Waals surface area contributed by atoms with Crippen LogP contribution in [0.3, 0.4) is 0 Å². The second-order valence-corrected chi connectivity index (χ2v) is 6.47. The van der Waals surface area contributed by atoms with Crippen molar-refractivity contribution in [1.82, 2.24) is 9.97 Å². The summed E-state index contributed by atoms with van der Waals surface area (Å²) < 4.78 is 1.03. The molecule has 3 heteroatoms. The topological polar surface area (TPSA) is 25.8 Å². The summed E-state index contributed by atoms with van der Waals surface area (Å²) in [5, 5.41) is 0. The summed E-state index contributed by atoms with van der Waals surface area (Å²) in [6.45, 7) is 0. The molecule has 9 heavy (non-hydrogen) atoms. The van der Waals surface area contributed by atoms with Crippen LogP contribution in [0.5, 0.6) is 0 Å². The van der Waals surface area contributed by atoms with Crippen molar-refractivity contribution in [3.05, 3.63) is 18.5 Å². The van der Waals surface area contributed by atoms with Crippen LogP contribution in [0.4, 0.5) is 0 Å². The zero-order valence-corrected chi connectivity index (χ0v) is 7.37. The molecule has 0 atom stereocenters. The number of rotatable bonds is 1. The summed E-state index contributed by atoms with van der Waals surface area (Å²) in [5.74, 6) is 0. The third kappa shape index (κ3) is 1.79. The van der Waals surface area contributed by atoms with Crippen molar-refractivity contribution >= 4 is 19.3 Å². The van der Waals surface area contributed by atoms with E-state index in [9.17, 15) is 0 Å². The van der Waals surface area contributed by atoms with E-state index in [-0.39, 0.29) is 0 Å². The van der Waals surface area contributed by atoms with Crippen molar-refractivity contribution in [3.63, 3.8) is 0 Å². The Hall–Kier alpha value is -0.362. The Balaban J connectivity index is 2.85. The van der Waals surface area contributed by atoms with Gasteiger partial charge in [-0.05, 0) is 0 Å². The molecule has 1 aromatic heterocycles. The quantitative estimate of drug-likeness (QED) is 0.583. The molecule has 0 fully saturated rings. The molecule has 0 unspecified atom stereocenters. The molecule has 0 bridgehead atoms. The van der Waals surface area contributed by atoms with Crippen LogP contribution in [-0.2, 0) is 0 Å². The normalized spacial score (nSPS) is 10.1. The molecule has 0 saturated carbocycles. The minimum absolute atomic E-state index is 0.830. The van der Waals surface area contributed by atoms with E-state index in [1.807, 2.05) is 0 Å². The molecule has 0 aliphatic rings. The fraction of sp³-hybridized carbons (Fsp3) is 0.333. The van der Waals surface area contributed by atoms with Gasteiger partial charge in [-0.1, -0.05) is 0 Å². The second-order valence-electron chi connectivity index (χ2n) is 1.88. The molecular weight excluding hydrogens is 175 g/mol. The van der Waals surface area contributed by atoms with Crippen molar-refractivity contribution in [2.24, 2.45) is 0 Å². The van der Waals surface area contributed by atoms with Crippen molar-refractivity contribution in [1.29, 1.82) is 0 Å². The first kappa shape index (κ1) is 6.75. The standard InChI is InChI=1S/C6H8AsN2/c1-7(2)6-8-4-3-5-9-6/h4-5H,1-2H3. The molecule has 0 aromatic carbocycles. The first-order valence-corrected chi connectivity index (χ1v) is 7.35. The van der Waals surface area contributed by atoms with Crippen LogP contribution < -0.4 is 4.61 Å². The van der Waals surface area contributed by atoms with Crippen LogP contribution in [0.2, 0.25) is 11.4 Å². The van der Waals surface area contributed by atoms with Crippen LogP contribution in [0.1, 0.15) is 0 Å². The summed E-state index contributed by atoms with van der Waals surface area (Å²) in [6.07, 6.45) is 3.36. The van der Waals surface area contributed by atoms with Gasteiger partial charge in [0, 0.05) is 0 Å². The van der Waals surface area contributed by atoms with Gasteiger partial charge in [0.15, 0.2) is 0 Å². The first-order chi connectivity index (χ1) is 4.30. The molecule has 0 spiro atoms. The van der Waals surface area contributed by atoms with Gasteiger partial charge in [0.25, 0.3) is 0 Å². The third-order valence-corrected chi connectivity index (χ3v) is 3.07. The van der Waals surface area contributed by atoms with Crippen LogP contribution in [-0.4, -0.2) is 24.6 Å². The van der Waals surface area contributed by atoms with Gasteiger partial charge in [-0.15, -0.1) is 0 Å². The van der Waals surface area contributed by atoms with Crippen LogP contribution in [0.15, 0.2) is 12.4 Å². The molecule has 2 nitrogen and oxygen atoms in total. The van der Waals surface area contributed by atoms with Gasteiger partial charge in [0.1, 0.15) is 0 Å². The molecule has 0 aliphatic carbocycles. The average molecular weight is 183 g/mol. The fourth-order valence-electron chi connectivity index (χ4n) is 0.488. The van der Waals surface area contributed by atoms with E-state index < -0.39 is 14.7 Å². The predicted octanol–water partition coefficient (Wildman–Crippen LogP) is 0.238. The molecule has 47 valence electrons. The molecule has 0 amide bonds. The third-order valence-electron chi connectivity index (χ3n) is 0.909. The number of nitrogens with zero attached hydrogens (tertiary/aromatic N) is 2. The monoisotopic (exact) mass is 183 g/mol. The second kappa shape index (κ2) is 2.97. The predicted molar refractivity (Wildman–Crippen MR) is 38.0 cm³/mol. The molecule has 1 radical (unpaired) electrons. The summed E-state index contributed by atoms with van der Waals surface area (Å²) in [5.41, 5.74) is 4.42. The van der Waals surface area contributed by atoms with Gasteiger partial charge in [-0.25, -0.2) is 0 Å². The maximum absolute atomic E-state index is 4.08. The Kier molecular flexibility index (Phi) is 2.23. The minimum atomic E-state index is -0.830. The van der Waals surface area contributed by atoms with Crippen LogP contribution in [0.25, 0.3) is 0 Å². The summed E-state index contributed by atoms with van der Waals surface area (Å²) >= 11 is -0.830. The number of hydrogen-bond donors (Lipinski definition) is 0. The molecule has 1 rings (SSSR count). The molecule has 0 aliphatic heterocycles. The van der Waals surface area contributed by atoms with E-state index in [2.05, 4.69) is 27.5 Å². The van der Waals surface area contributed by atoms with Gasteiger partial charge >= 0.3 is 59.1 Å². The van der Waals surface area contributed by atoms with E-state index >= 15 is 0 Å². The molecule has 0 saturated heterocycles. The van der Waals surface area contributed by atoms with Gasteiger partial charge < -0.3 is 0 Å². The van der Waals surface area contributed by atoms with Gasteiger partial charge in [0.2, 0.25) is 0 Å². The Bertz CT molecular complexity index is 174. The van der Waals surface area contributed by atoms with E-state index in [1.54, 1.807) is 12.4 Å². The van der Waals surface area contributed by atoms with Gasteiger partial charge in [-0.3, -0.25) is 0 Å². The SMILES string of the molecule is C[As](C)c1nc[c]cn1. The van der Waals surface area contributed by atoms with Crippen molar-refractivity contribution < 1.29 is 0 Å². The average Bonchev–Trinajstić information content (AvgIpc) is 1.90. The summed E-state index contributed by atoms with van der Waals surface area (Å²) in [6, 6.07) is 2.79. The van der Waals surface area contributed by atoms with E-state index in [4.69, 9.17) is 0 Å². The summed E-state index contributed by atoms with van der Waals surface area (Å²) in [7, 11) is 0. The zero-order chi connectivity index (χ0) is 6.69. The first-order valence-electron chi connectivity index (χ1n) is 2.66. The number of hydrogen-bond acceptors (Lipinski definition) is 2. The Labute approximate surface area is 59.6 Å². The molecule has 0 N–H and O–H groups in total. The van der Waals surface area contributed by atoms with Crippen LogP contribution in [0, 0.1) is 6.07 Å². The van der Waals surface area contributed by atoms with Crippen molar-refractivity contribution in [2.45, 2.75) is 11.4 Å².